The maximum atomic E-state index is 14.5. The van der Waals surface area contributed by atoms with Gasteiger partial charge in [-0.15, -0.1) is 0 Å². The first-order valence-corrected chi connectivity index (χ1v) is 9.51. The van der Waals surface area contributed by atoms with E-state index >= 15 is 0 Å². The van der Waals surface area contributed by atoms with E-state index < -0.39 is 23.6 Å². The van der Waals surface area contributed by atoms with Crippen LogP contribution in [0.5, 0.6) is 0 Å². The summed E-state index contributed by atoms with van der Waals surface area (Å²) in [5.41, 5.74) is 0.0316. The molecule has 1 aromatic carbocycles. The van der Waals surface area contributed by atoms with Gasteiger partial charge in [0.05, 0.1) is 28.2 Å². The third kappa shape index (κ3) is 4.23. The molecule has 0 bridgehead atoms. The van der Waals surface area contributed by atoms with Crippen LogP contribution < -0.4 is 16.2 Å². The van der Waals surface area contributed by atoms with Gasteiger partial charge < -0.3 is 10.6 Å². The largest absolute Gasteiger partial charge is 0.323 e. The topological polar surface area (TPSA) is 93.1 Å². The quantitative estimate of drug-likeness (QED) is 0.655. The lowest BCUT2D eigenvalue weighted by atomic mass is 10.2. The van der Waals surface area contributed by atoms with Crippen LogP contribution in [0.1, 0.15) is 6.42 Å². The molecule has 2 amide bonds. The fraction of sp³-hybridized carbons (Fsp3) is 0.143. The zero-order chi connectivity index (χ0) is 21.3. The highest BCUT2D eigenvalue weighted by molar-refractivity contribution is 6.30. The molecular formula is C21H16ClFN4O3. The minimum atomic E-state index is -0.677. The number of carbonyl (C=O) groups is 2. The Morgan fingerprint density at radius 2 is 1.83 bits per heavy atom. The molecule has 4 rings (SSSR count). The van der Waals surface area contributed by atoms with E-state index in [9.17, 15) is 18.8 Å². The number of aromatic nitrogens is 2. The Labute approximate surface area is 175 Å². The van der Waals surface area contributed by atoms with Crippen LogP contribution >= 0.6 is 11.6 Å². The van der Waals surface area contributed by atoms with Crippen molar-refractivity contribution < 1.29 is 14.0 Å². The highest BCUT2D eigenvalue weighted by Crippen LogP contribution is 2.40. The van der Waals surface area contributed by atoms with Gasteiger partial charge in [0.2, 0.25) is 11.8 Å². The highest BCUT2D eigenvalue weighted by Gasteiger charge is 2.48. The van der Waals surface area contributed by atoms with Gasteiger partial charge in [0.1, 0.15) is 11.6 Å². The molecule has 2 atom stereocenters. The number of halogens is 2. The summed E-state index contributed by atoms with van der Waals surface area (Å²) in [4.78, 5) is 40.5. The molecule has 3 aromatic rings. The van der Waals surface area contributed by atoms with Gasteiger partial charge in [-0.05, 0) is 36.8 Å². The maximum absolute atomic E-state index is 14.5. The molecule has 2 aromatic heterocycles. The molecule has 0 radical (unpaired) electrons. The van der Waals surface area contributed by atoms with Crippen molar-refractivity contribution in [3.63, 3.8) is 0 Å². The van der Waals surface area contributed by atoms with Crippen molar-refractivity contribution >= 4 is 34.9 Å². The number of amides is 2. The van der Waals surface area contributed by atoms with Crippen LogP contribution in [-0.4, -0.2) is 21.4 Å². The summed E-state index contributed by atoms with van der Waals surface area (Å²) in [6.45, 7) is 0. The first-order chi connectivity index (χ1) is 14.4. The number of rotatable bonds is 5. The summed E-state index contributed by atoms with van der Waals surface area (Å²) in [5, 5.41) is 5.58. The average molecular weight is 427 g/mol. The molecule has 1 fully saturated rings. The normalized spacial score (nSPS) is 17.3. The Balaban J connectivity index is 1.39. The second-order valence-corrected chi connectivity index (χ2v) is 7.30. The first kappa shape index (κ1) is 19.8. The van der Waals surface area contributed by atoms with Crippen molar-refractivity contribution in [2.24, 2.45) is 11.8 Å². The van der Waals surface area contributed by atoms with Gasteiger partial charge in [-0.3, -0.25) is 19.0 Å². The molecule has 1 saturated carbocycles. The van der Waals surface area contributed by atoms with Crippen molar-refractivity contribution in [2.45, 2.75) is 6.42 Å². The Bertz CT molecular complexity index is 1180. The van der Waals surface area contributed by atoms with Crippen molar-refractivity contribution in [1.82, 2.24) is 9.55 Å². The van der Waals surface area contributed by atoms with Crippen LogP contribution in [0, 0.1) is 17.7 Å². The molecule has 2 heterocycles. The van der Waals surface area contributed by atoms with Crippen molar-refractivity contribution in [2.75, 3.05) is 10.6 Å². The van der Waals surface area contributed by atoms with E-state index in [4.69, 9.17) is 11.6 Å². The SMILES string of the molecule is O=C(Nc1ccc(Cl)cn1)[C@H]1C[C@H]1C(=O)Nc1ccc(-n2ccccc2=O)cc1F. The van der Waals surface area contributed by atoms with Crippen LogP contribution in [0.25, 0.3) is 5.69 Å². The summed E-state index contributed by atoms with van der Waals surface area (Å²) in [6, 6.07) is 11.9. The number of pyridine rings is 2. The number of hydrogen-bond acceptors (Lipinski definition) is 4. The van der Waals surface area contributed by atoms with E-state index in [0.29, 0.717) is 22.9 Å². The predicted octanol–water partition coefficient (Wildman–Crippen LogP) is 3.24. The van der Waals surface area contributed by atoms with Gasteiger partial charge in [-0.25, -0.2) is 9.37 Å². The van der Waals surface area contributed by atoms with Crippen LogP contribution in [-0.2, 0) is 9.59 Å². The molecule has 0 saturated heterocycles. The fourth-order valence-corrected chi connectivity index (χ4v) is 3.18. The Kier molecular flexibility index (Phi) is 5.33. The van der Waals surface area contributed by atoms with Gasteiger partial charge in [0.25, 0.3) is 5.56 Å². The standard InChI is InChI=1S/C21H16ClFN4O3/c22-12-4-7-18(24-11-12)26-21(30)15-10-14(15)20(29)25-17-6-5-13(9-16(17)23)27-8-2-1-3-19(27)28/h1-9,11,14-15H,10H2,(H,25,29)(H,24,26,30)/t14-,15+/m1/s1. The van der Waals surface area contributed by atoms with Crippen LogP contribution in [0.4, 0.5) is 15.9 Å². The number of hydrogen-bond donors (Lipinski definition) is 2. The maximum Gasteiger partial charge on any atom is 0.255 e. The molecule has 2 N–H and O–H groups in total. The zero-order valence-electron chi connectivity index (χ0n) is 15.5. The van der Waals surface area contributed by atoms with E-state index in [1.165, 1.54) is 41.2 Å². The molecule has 1 aliphatic rings. The Morgan fingerprint density at radius 1 is 1.07 bits per heavy atom. The lowest BCUT2D eigenvalue weighted by Crippen LogP contribution is -2.21. The van der Waals surface area contributed by atoms with Gasteiger partial charge in [-0.1, -0.05) is 17.7 Å². The van der Waals surface area contributed by atoms with E-state index in [0.717, 1.165) is 0 Å². The third-order valence-electron chi connectivity index (χ3n) is 4.75. The lowest BCUT2D eigenvalue weighted by Gasteiger charge is -2.10. The molecule has 0 aliphatic heterocycles. The molecule has 1 aliphatic carbocycles. The van der Waals surface area contributed by atoms with E-state index in [1.807, 2.05) is 0 Å². The van der Waals surface area contributed by atoms with Crippen LogP contribution in [0.15, 0.2) is 65.7 Å². The number of carbonyl (C=O) groups excluding carboxylic acids is 2. The minimum absolute atomic E-state index is 0.0156. The monoisotopic (exact) mass is 426 g/mol. The molecule has 7 nitrogen and oxygen atoms in total. The van der Waals surface area contributed by atoms with Gasteiger partial charge >= 0.3 is 0 Å². The van der Waals surface area contributed by atoms with E-state index in [2.05, 4.69) is 15.6 Å². The summed E-state index contributed by atoms with van der Waals surface area (Å²) >= 11 is 5.75. The number of nitrogens with zero attached hydrogens (tertiary/aromatic N) is 2. The number of nitrogens with one attached hydrogen (secondary N) is 2. The van der Waals surface area contributed by atoms with Gasteiger partial charge in [0.15, 0.2) is 0 Å². The zero-order valence-corrected chi connectivity index (χ0v) is 16.3. The van der Waals surface area contributed by atoms with Crippen molar-refractivity contribution in [3.8, 4) is 5.69 Å². The molecule has 9 heteroatoms. The smallest absolute Gasteiger partial charge is 0.255 e. The summed E-state index contributed by atoms with van der Waals surface area (Å²) in [7, 11) is 0. The molecule has 30 heavy (non-hydrogen) atoms. The highest BCUT2D eigenvalue weighted by atomic mass is 35.5. The minimum Gasteiger partial charge on any atom is -0.323 e. The lowest BCUT2D eigenvalue weighted by molar-refractivity contribution is -0.122. The number of anilines is 2. The van der Waals surface area contributed by atoms with Gasteiger partial charge in [-0.2, -0.15) is 0 Å². The van der Waals surface area contributed by atoms with Crippen molar-refractivity contribution in [3.05, 3.63) is 82.1 Å². The average Bonchev–Trinajstić information content (AvgIpc) is 3.53. The van der Waals surface area contributed by atoms with Crippen LogP contribution in [0.3, 0.4) is 0 Å². The number of benzene rings is 1. The van der Waals surface area contributed by atoms with Crippen molar-refractivity contribution in [1.29, 1.82) is 0 Å². The molecular weight excluding hydrogens is 411 g/mol. The van der Waals surface area contributed by atoms with Gasteiger partial charge in [0, 0.05) is 24.5 Å². The molecule has 152 valence electrons. The first-order valence-electron chi connectivity index (χ1n) is 9.13. The summed E-state index contributed by atoms with van der Waals surface area (Å²) in [5.74, 6) is -2.16. The Hall–Kier alpha value is -3.52. The van der Waals surface area contributed by atoms with Crippen LogP contribution in [0.2, 0.25) is 5.02 Å². The summed E-state index contributed by atoms with van der Waals surface area (Å²) < 4.78 is 15.8. The fourth-order valence-electron chi connectivity index (χ4n) is 3.06. The van der Waals surface area contributed by atoms with E-state index in [-0.39, 0.29) is 17.2 Å². The second-order valence-electron chi connectivity index (χ2n) is 6.86. The second kappa shape index (κ2) is 8.08. The molecule has 0 spiro atoms. The summed E-state index contributed by atoms with van der Waals surface area (Å²) in [6.07, 6.45) is 3.30. The van der Waals surface area contributed by atoms with E-state index in [1.54, 1.807) is 24.3 Å². The predicted molar refractivity (Wildman–Crippen MR) is 110 cm³/mol. The molecule has 0 unspecified atom stereocenters. The Morgan fingerprint density at radius 3 is 2.50 bits per heavy atom. The third-order valence-corrected chi connectivity index (χ3v) is 4.98.